The van der Waals surface area contributed by atoms with Gasteiger partial charge < -0.3 is 20.7 Å². The number of nitrogens with zero attached hydrogens (tertiary/aromatic N) is 2. The van der Waals surface area contributed by atoms with Gasteiger partial charge in [-0.1, -0.05) is 41.9 Å². The fraction of sp³-hybridized carbons (Fsp3) is 0.207. The molecule has 37 heavy (non-hydrogen) atoms. The Balaban J connectivity index is 1.65. The Labute approximate surface area is 222 Å². The third-order valence-electron chi connectivity index (χ3n) is 6.13. The van der Waals surface area contributed by atoms with Crippen molar-refractivity contribution in [2.24, 2.45) is 0 Å². The number of anilines is 1. The van der Waals surface area contributed by atoms with E-state index < -0.39 is 0 Å². The minimum Gasteiger partial charge on any atom is -0.496 e. The van der Waals surface area contributed by atoms with Crippen LogP contribution in [-0.2, 0) is 13.1 Å². The number of carbonyl (C=O) groups is 1. The van der Waals surface area contributed by atoms with Gasteiger partial charge in [0.05, 0.1) is 17.8 Å². The Morgan fingerprint density at radius 2 is 1.78 bits per heavy atom. The molecular weight excluding hydrogens is 486 g/mol. The lowest BCUT2D eigenvalue weighted by Gasteiger charge is -2.16. The van der Waals surface area contributed by atoms with Crippen molar-refractivity contribution in [1.29, 1.82) is 0 Å². The second-order valence-electron chi connectivity index (χ2n) is 8.59. The van der Waals surface area contributed by atoms with Gasteiger partial charge in [0.25, 0.3) is 5.91 Å². The van der Waals surface area contributed by atoms with Crippen molar-refractivity contribution in [3.05, 3.63) is 94.4 Å². The van der Waals surface area contributed by atoms with Crippen LogP contribution in [0.5, 0.6) is 5.75 Å². The molecule has 0 aliphatic carbocycles. The molecule has 7 nitrogen and oxygen atoms in total. The van der Waals surface area contributed by atoms with Crippen LogP contribution in [0.25, 0.3) is 22.4 Å². The molecule has 0 spiro atoms. The number of halogens is 1. The zero-order valence-corrected chi connectivity index (χ0v) is 22.1. The molecular formula is C29H30ClN5O2. The summed E-state index contributed by atoms with van der Waals surface area (Å²) in [5, 5.41) is 9.73. The maximum Gasteiger partial charge on any atom is 0.274 e. The number of hydrogen-bond acceptors (Lipinski definition) is 6. The van der Waals surface area contributed by atoms with Crippen molar-refractivity contribution in [2.75, 3.05) is 26.5 Å². The van der Waals surface area contributed by atoms with Crippen molar-refractivity contribution in [3.63, 3.8) is 0 Å². The van der Waals surface area contributed by atoms with E-state index in [1.165, 1.54) is 0 Å². The number of ether oxygens (including phenoxy) is 1. The Hall–Kier alpha value is -3.78. The smallest absolute Gasteiger partial charge is 0.274 e. The van der Waals surface area contributed by atoms with Gasteiger partial charge in [-0.25, -0.2) is 0 Å². The molecule has 4 aromatic rings. The highest BCUT2D eigenvalue weighted by molar-refractivity contribution is 6.35. The average Bonchev–Trinajstić information content (AvgIpc) is 2.91. The first-order valence-corrected chi connectivity index (χ1v) is 12.3. The molecule has 0 aliphatic heterocycles. The van der Waals surface area contributed by atoms with Gasteiger partial charge in [-0.2, -0.15) is 0 Å². The van der Waals surface area contributed by atoms with Crippen LogP contribution in [0.15, 0.2) is 67.0 Å². The van der Waals surface area contributed by atoms with E-state index in [4.69, 9.17) is 16.3 Å². The zero-order valence-electron chi connectivity index (χ0n) is 21.4. The lowest BCUT2D eigenvalue weighted by Crippen LogP contribution is -2.15. The summed E-state index contributed by atoms with van der Waals surface area (Å²) in [7, 11) is 5.41. The standard InChI is InChI=1S/C29H30ClN5O2/c1-18-22(6-5-7-24(18)35-29(36)25-11-8-19(15-31-2)16-34-25)23-12-13-33-28(27(23)30)20-9-10-21(17-32-3)26(14-20)37-4/h5-14,16,31-32H,15,17H2,1-4H3,(H,35,36). The van der Waals surface area contributed by atoms with E-state index in [1.54, 1.807) is 25.6 Å². The summed E-state index contributed by atoms with van der Waals surface area (Å²) in [6.07, 6.45) is 3.44. The normalized spacial score (nSPS) is 10.8. The summed E-state index contributed by atoms with van der Waals surface area (Å²) < 4.78 is 5.58. The molecule has 2 aromatic heterocycles. The summed E-state index contributed by atoms with van der Waals surface area (Å²) in [4.78, 5) is 21.7. The molecule has 2 aromatic carbocycles. The molecule has 0 bridgehead atoms. The molecule has 190 valence electrons. The van der Waals surface area contributed by atoms with Gasteiger partial charge in [-0.05, 0) is 62.0 Å². The van der Waals surface area contributed by atoms with Crippen LogP contribution in [-0.4, -0.2) is 37.1 Å². The number of rotatable bonds is 9. The number of pyridine rings is 2. The molecule has 1 amide bonds. The van der Waals surface area contributed by atoms with Crippen molar-refractivity contribution < 1.29 is 9.53 Å². The van der Waals surface area contributed by atoms with Crippen LogP contribution in [0, 0.1) is 6.92 Å². The van der Waals surface area contributed by atoms with Crippen LogP contribution in [0.2, 0.25) is 5.02 Å². The van der Waals surface area contributed by atoms with Crippen LogP contribution in [0.3, 0.4) is 0 Å². The first kappa shape index (κ1) is 26.3. The van der Waals surface area contributed by atoms with E-state index in [-0.39, 0.29) is 5.91 Å². The molecule has 0 fully saturated rings. The highest BCUT2D eigenvalue weighted by atomic mass is 35.5. The molecule has 4 rings (SSSR count). The number of amides is 1. The van der Waals surface area contributed by atoms with E-state index in [0.717, 1.165) is 39.1 Å². The topological polar surface area (TPSA) is 88.2 Å². The molecule has 0 radical (unpaired) electrons. The van der Waals surface area contributed by atoms with E-state index >= 15 is 0 Å². The summed E-state index contributed by atoms with van der Waals surface area (Å²) in [5.74, 6) is 0.495. The van der Waals surface area contributed by atoms with Crippen LogP contribution in [0.1, 0.15) is 27.2 Å². The third kappa shape index (κ3) is 5.80. The van der Waals surface area contributed by atoms with Crippen LogP contribution in [0.4, 0.5) is 5.69 Å². The van der Waals surface area contributed by atoms with Crippen LogP contribution >= 0.6 is 11.6 Å². The quantitative estimate of drug-likeness (QED) is 0.274. The van der Waals surface area contributed by atoms with Gasteiger partial charge in [-0.3, -0.25) is 14.8 Å². The summed E-state index contributed by atoms with van der Waals surface area (Å²) >= 11 is 6.92. The maximum absolute atomic E-state index is 12.9. The monoisotopic (exact) mass is 515 g/mol. The van der Waals surface area contributed by atoms with Crippen molar-refractivity contribution in [1.82, 2.24) is 20.6 Å². The molecule has 0 saturated carbocycles. The highest BCUT2D eigenvalue weighted by Gasteiger charge is 2.17. The Kier molecular flexibility index (Phi) is 8.50. The molecule has 8 heteroatoms. The van der Waals surface area contributed by atoms with Crippen molar-refractivity contribution in [3.8, 4) is 28.1 Å². The fourth-order valence-electron chi connectivity index (χ4n) is 4.20. The zero-order chi connectivity index (χ0) is 26.4. The second kappa shape index (κ2) is 12.0. The number of benzene rings is 2. The SMILES string of the molecule is CNCc1ccc(C(=O)Nc2cccc(-c3ccnc(-c4ccc(CNC)c(OC)c4)c3Cl)c2C)nc1. The summed E-state index contributed by atoms with van der Waals surface area (Å²) in [6, 6.07) is 17.2. The van der Waals surface area contributed by atoms with E-state index in [1.807, 2.05) is 69.6 Å². The van der Waals surface area contributed by atoms with E-state index in [0.29, 0.717) is 35.2 Å². The van der Waals surface area contributed by atoms with Gasteiger partial charge >= 0.3 is 0 Å². The van der Waals surface area contributed by atoms with Gasteiger partial charge in [0, 0.05) is 47.9 Å². The number of hydrogen-bond donors (Lipinski definition) is 3. The van der Waals surface area contributed by atoms with Crippen molar-refractivity contribution >= 4 is 23.2 Å². The highest BCUT2D eigenvalue weighted by Crippen LogP contribution is 2.39. The number of carbonyl (C=O) groups excluding carboxylic acids is 1. The third-order valence-corrected chi connectivity index (χ3v) is 6.51. The molecule has 2 heterocycles. The largest absolute Gasteiger partial charge is 0.496 e. The maximum atomic E-state index is 12.9. The number of nitrogens with one attached hydrogen (secondary N) is 3. The molecule has 0 unspecified atom stereocenters. The first-order valence-electron chi connectivity index (χ1n) is 11.9. The number of aromatic nitrogens is 2. The lowest BCUT2D eigenvalue weighted by molar-refractivity contribution is 0.102. The van der Waals surface area contributed by atoms with E-state index in [9.17, 15) is 4.79 Å². The average molecular weight is 516 g/mol. The summed E-state index contributed by atoms with van der Waals surface area (Å²) in [5.41, 5.74) is 7.24. The van der Waals surface area contributed by atoms with Crippen LogP contribution < -0.4 is 20.7 Å². The second-order valence-corrected chi connectivity index (χ2v) is 8.97. The minimum absolute atomic E-state index is 0.272. The Bertz CT molecular complexity index is 1410. The summed E-state index contributed by atoms with van der Waals surface area (Å²) in [6.45, 7) is 3.34. The Morgan fingerprint density at radius 3 is 2.49 bits per heavy atom. The minimum atomic E-state index is -0.272. The van der Waals surface area contributed by atoms with Gasteiger partial charge in [0.1, 0.15) is 11.4 Å². The predicted octanol–water partition coefficient (Wildman–Crippen LogP) is 5.47. The lowest BCUT2D eigenvalue weighted by atomic mass is 9.97. The first-order chi connectivity index (χ1) is 18.0. The fourth-order valence-corrected chi connectivity index (χ4v) is 4.52. The van der Waals surface area contributed by atoms with Crippen molar-refractivity contribution in [2.45, 2.75) is 20.0 Å². The Morgan fingerprint density at radius 1 is 0.973 bits per heavy atom. The van der Waals surface area contributed by atoms with Gasteiger partial charge in [0.15, 0.2) is 0 Å². The van der Waals surface area contributed by atoms with Gasteiger partial charge in [-0.15, -0.1) is 0 Å². The molecule has 0 atom stereocenters. The molecule has 3 N–H and O–H groups in total. The van der Waals surface area contributed by atoms with Gasteiger partial charge in [0.2, 0.25) is 0 Å². The molecule has 0 aliphatic rings. The molecule has 0 saturated heterocycles. The van der Waals surface area contributed by atoms with E-state index in [2.05, 4.69) is 25.9 Å². The number of methoxy groups -OCH3 is 1. The predicted molar refractivity (Wildman–Crippen MR) is 149 cm³/mol.